The van der Waals surface area contributed by atoms with E-state index < -0.39 is 28.1 Å². The van der Waals surface area contributed by atoms with Crippen molar-refractivity contribution < 1.29 is 31.1 Å². The fraction of sp³-hybridized carbons (Fsp3) is 0.455. The van der Waals surface area contributed by atoms with Gasteiger partial charge in [-0.05, 0) is 12.1 Å². The molecule has 0 radical (unpaired) electrons. The molecule has 0 fully saturated rings. The Bertz CT molecular complexity index is 545. The van der Waals surface area contributed by atoms with Crippen molar-refractivity contribution in [2.45, 2.75) is 13.3 Å². The number of benzene rings is 1. The van der Waals surface area contributed by atoms with E-state index >= 15 is 0 Å². The molecule has 5 nitrogen and oxygen atoms in total. The van der Waals surface area contributed by atoms with E-state index in [2.05, 4.69) is 4.74 Å². The van der Waals surface area contributed by atoms with E-state index in [9.17, 15) is 21.6 Å². The highest BCUT2D eigenvalue weighted by Gasteiger charge is 2.32. The summed E-state index contributed by atoms with van der Waals surface area (Å²) in [5.41, 5.74) is 0. The molecule has 1 aromatic rings. The first kappa shape index (κ1) is 16.6. The van der Waals surface area contributed by atoms with Crippen molar-refractivity contribution in [2.24, 2.45) is 11.1 Å². The molecule has 0 saturated carbocycles. The van der Waals surface area contributed by atoms with Crippen LogP contribution >= 0.6 is 0 Å². The van der Waals surface area contributed by atoms with Crippen LogP contribution in [-0.2, 0) is 10.0 Å². The number of sulfonamides is 1. The molecule has 1 rings (SSSR count). The molecule has 1 unspecified atom stereocenters. The Hall–Kier alpha value is -1.48. The lowest BCUT2D eigenvalue weighted by Gasteiger charge is -2.16. The third kappa shape index (κ3) is 6.62. The minimum absolute atomic E-state index is 0.103. The van der Waals surface area contributed by atoms with Crippen molar-refractivity contribution in [3.05, 3.63) is 24.3 Å². The summed E-state index contributed by atoms with van der Waals surface area (Å²) in [4.78, 5) is 0. The van der Waals surface area contributed by atoms with Gasteiger partial charge in [0.05, 0.1) is 12.4 Å². The first-order chi connectivity index (χ1) is 9.07. The zero-order valence-electron chi connectivity index (χ0n) is 10.6. The van der Waals surface area contributed by atoms with Crippen LogP contribution in [0.15, 0.2) is 24.3 Å². The van der Waals surface area contributed by atoms with Gasteiger partial charge in [0, 0.05) is 5.92 Å². The van der Waals surface area contributed by atoms with Crippen LogP contribution in [0.1, 0.15) is 6.92 Å². The number of rotatable bonds is 6. The van der Waals surface area contributed by atoms with Crippen molar-refractivity contribution >= 4 is 10.0 Å². The van der Waals surface area contributed by atoms with Crippen LogP contribution in [0.5, 0.6) is 11.5 Å². The summed E-state index contributed by atoms with van der Waals surface area (Å²) in [6.45, 7) is 1.45. The predicted octanol–water partition coefficient (Wildman–Crippen LogP) is 1.89. The van der Waals surface area contributed by atoms with Crippen LogP contribution in [0.4, 0.5) is 13.2 Å². The summed E-state index contributed by atoms with van der Waals surface area (Å²) in [5.74, 6) is -1.40. The number of hydrogen-bond donors (Lipinski definition) is 1. The lowest BCUT2D eigenvalue weighted by Crippen LogP contribution is -2.25. The molecule has 2 N–H and O–H groups in total. The maximum atomic E-state index is 12.2. The SMILES string of the molecule is CC(COc1ccccc1OC(F)(F)F)CS(N)(=O)=O. The number of ether oxygens (including phenoxy) is 2. The largest absolute Gasteiger partial charge is 0.573 e. The number of hydrogen-bond acceptors (Lipinski definition) is 4. The normalized spacial score (nSPS) is 13.8. The van der Waals surface area contributed by atoms with Crippen LogP contribution in [0.25, 0.3) is 0 Å². The van der Waals surface area contributed by atoms with Crippen molar-refractivity contribution in [1.82, 2.24) is 0 Å². The number of halogens is 3. The highest BCUT2D eigenvalue weighted by molar-refractivity contribution is 7.89. The van der Waals surface area contributed by atoms with Crippen molar-refractivity contribution in [3.8, 4) is 11.5 Å². The van der Waals surface area contributed by atoms with Gasteiger partial charge in [-0.1, -0.05) is 19.1 Å². The van der Waals surface area contributed by atoms with Crippen LogP contribution in [0.2, 0.25) is 0 Å². The van der Waals surface area contributed by atoms with E-state index in [0.29, 0.717) is 0 Å². The van der Waals surface area contributed by atoms with Gasteiger partial charge < -0.3 is 9.47 Å². The van der Waals surface area contributed by atoms with Crippen molar-refractivity contribution in [2.75, 3.05) is 12.4 Å². The Balaban J connectivity index is 2.69. The number of primary sulfonamides is 1. The molecule has 0 amide bonds. The van der Waals surface area contributed by atoms with Crippen LogP contribution < -0.4 is 14.6 Å². The maximum absolute atomic E-state index is 12.2. The first-order valence-electron chi connectivity index (χ1n) is 5.55. The molecule has 0 aliphatic heterocycles. The Morgan fingerprint density at radius 3 is 2.30 bits per heavy atom. The van der Waals surface area contributed by atoms with E-state index in [1.165, 1.54) is 18.2 Å². The predicted molar refractivity (Wildman–Crippen MR) is 65.8 cm³/mol. The molecule has 1 atom stereocenters. The summed E-state index contributed by atoms with van der Waals surface area (Å²) < 4.78 is 67.2. The van der Waals surface area contributed by atoms with E-state index in [1.54, 1.807) is 6.92 Å². The van der Waals surface area contributed by atoms with E-state index in [1.807, 2.05) is 0 Å². The summed E-state index contributed by atoms with van der Waals surface area (Å²) in [6.07, 6.45) is -4.83. The Morgan fingerprint density at radius 2 is 1.80 bits per heavy atom. The topological polar surface area (TPSA) is 78.6 Å². The minimum atomic E-state index is -4.83. The third-order valence-corrected chi connectivity index (χ3v) is 3.15. The van der Waals surface area contributed by atoms with Crippen LogP contribution in [0.3, 0.4) is 0 Å². The highest BCUT2D eigenvalue weighted by atomic mass is 32.2. The standard InChI is InChI=1S/C11H14F3NO4S/c1-8(7-20(15,16)17)6-18-9-4-2-3-5-10(9)19-11(12,13)14/h2-5,8H,6-7H2,1H3,(H2,15,16,17). The Labute approximate surface area is 114 Å². The molecule has 1 aromatic carbocycles. The molecule has 20 heavy (non-hydrogen) atoms. The molecule has 0 saturated heterocycles. The van der Waals surface area contributed by atoms with Gasteiger partial charge in [-0.25, -0.2) is 13.6 Å². The average Bonchev–Trinajstić information content (AvgIpc) is 2.23. The highest BCUT2D eigenvalue weighted by Crippen LogP contribution is 2.31. The van der Waals surface area contributed by atoms with Crippen molar-refractivity contribution in [3.63, 3.8) is 0 Å². The molecule has 0 aliphatic carbocycles. The summed E-state index contributed by atoms with van der Waals surface area (Å²) in [7, 11) is -3.66. The number of alkyl halides is 3. The molecule has 0 aromatic heterocycles. The van der Waals surface area contributed by atoms with Gasteiger partial charge in [0.25, 0.3) is 0 Å². The zero-order valence-corrected chi connectivity index (χ0v) is 11.4. The second-order valence-corrected chi connectivity index (χ2v) is 5.90. The molecule has 0 heterocycles. The first-order valence-corrected chi connectivity index (χ1v) is 7.26. The van der Waals surface area contributed by atoms with E-state index in [4.69, 9.17) is 9.88 Å². The maximum Gasteiger partial charge on any atom is 0.573 e. The van der Waals surface area contributed by atoms with Gasteiger partial charge in [-0.15, -0.1) is 13.2 Å². The van der Waals surface area contributed by atoms with E-state index in [0.717, 1.165) is 6.07 Å². The quantitative estimate of drug-likeness (QED) is 0.870. The fourth-order valence-electron chi connectivity index (χ4n) is 1.46. The lowest BCUT2D eigenvalue weighted by molar-refractivity contribution is -0.275. The van der Waals surface area contributed by atoms with Crippen LogP contribution in [-0.4, -0.2) is 27.1 Å². The second-order valence-electron chi connectivity index (χ2n) is 4.24. The zero-order chi connectivity index (χ0) is 15.4. The van der Waals surface area contributed by atoms with Crippen LogP contribution in [0, 0.1) is 5.92 Å². The second kappa shape index (κ2) is 6.31. The van der Waals surface area contributed by atoms with Gasteiger partial charge in [-0.2, -0.15) is 0 Å². The molecule has 9 heteroatoms. The Kier molecular flexibility index (Phi) is 5.23. The number of nitrogens with two attached hydrogens (primary N) is 1. The molecular weight excluding hydrogens is 299 g/mol. The molecule has 0 spiro atoms. The third-order valence-electron chi connectivity index (χ3n) is 2.12. The lowest BCUT2D eigenvalue weighted by atomic mass is 10.2. The minimum Gasteiger partial charge on any atom is -0.489 e. The molecule has 0 bridgehead atoms. The summed E-state index contributed by atoms with van der Waals surface area (Å²) in [6, 6.07) is 5.24. The van der Waals surface area contributed by atoms with Gasteiger partial charge in [0.1, 0.15) is 0 Å². The van der Waals surface area contributed by atoms with Gasteiger partial charge in [0.2, 0.25) is 10.0 Å². The molecule has 114 valence electrons. The van der Waals surface area contributed by atoms with Gasteiger partial charge in [0.15, 0.2) is 11.5 Å². The fourth-order valence-corrected chi connectivity index (χ4v) is 2.34. The molecular formula is C11H14F3NO4S. The molecule has 0 aliphatic rings. The van der Waals surface area contributed by atoms with Gasteiger partial charge >= 0.3 is 6.36 Å². The number of para-hydroxylation sites is 2. The monoisotopic (exact) mass is 313 g/mol. The van der Waals surface area contributed by atoms with Gasteiger partial charge in [-0.3, -0.25) is 0 Å². The average molecular weight is 313 g/mol. The summed E-state index contributed by atoms with van der Waals surface area (Å²) >= 11 is 0. The Morgan fingerprint density at radius 1 is 1.25 bits per heavy atom. The van der Waals surface area contributed by atoms with E-state index in [-0.39, 0.29) is 18.1 Å². The smallest absolute Gasteiger partial charge is 0.489 e. The van der Waals surface area contributed by atoms with Crippen molar-refractivity contribution in [1.29, 1.82) is 0 Å². The summed E-state index contributed by atoms with van der Waals surface area (Å²) in [5, 5.41) is 4.86.